The predicted octanol–water partition coefficient (Wildman–Crippen LogP) is 0.202. The molecule has 106 valence electrons. The number of nitrogens with one attached hydrogen (secondary N) is 1. The number of β-amino-alcohol motifs (C(OH)–C–C–N with tert-alkyl or cyclic N) is 1. The van der Waals surface area contributed by atoms with Crippen molar-refractivity contribution >= 4 is 10.0 Å². The molecule has 0 radical (unpaired) electrons. The Kier molecular flexibility index (Phi) is 4.25. The summed E-state index contributed by atoms with van der Waals surface area (Å²) in [5.41, 5.74) is 1.10. The lowest BCUT2D eigenvalue weighted by Crippen LogP contribution is -2.44. The lowest BCUT2D eigenvalue weighted by molar-refractivity contribution is 0.136. The van der Waals surface area contributed by atoms with Crippen LogP contribution < -0.4 is 5.32 Å². The molecule has 0 unspecified atom stereocenters. The van der Waals surface area contributed by atoms with Crippen LogP contribution in [0.25, 0.3) is 0 Å². The monoisotopic (exact) mass is 284 g/mol. The van der Waals surface area contributed by atoms with Gasteiger partial charge in [0.1, 0.15) is 0 Å². The van der Waals surface area contributed by atoms with E-state index < -0.39 is 22.2 Å². The fraction of sp³-hybridized carbons (Fsp3) is 0.538. The van der Waals surface area contributed by atoms with Crippen molar-refractivity contribution in [3.8, 4) is 0 Å². The first-order valence-electron chi connectivity index (χ1n) is 6.42. The van der Waals surface area contributed by atoms with Gasteiger partial charge in [-0.2, -0.15) is 4.31 Å². The number of hydrogen-bond donors (Lipinski definition) is 2. The second-order valence-corrected chi connectivity index (χ2v) is 6.81. The molecule has 1 aliphatic heterocycles. The third-order valence-corrected chi connectivity index (χ3v) is 5.52. The van der Waals surface area contributed by atoms with Crippen molar-refractivity contribution in [1.29, 1.82) is 0 Å². The van der Waals surface area contributed by atoms with Crippen molar-refractivity contribution in [2.24, 2.45) is 0 Å². The zero-order chi connectivity index (χ0) is 14.0. The van der Waals surface area contributed by atoms with E-state index in [1.165, 1.54) is 11.4 Å². The number of aliphatic hydroxyl groups is 1. The van der Waals surface area contributed by atoms with Gasteiger partial charge in [0.2, 0.25) is 10.0 Å². The van der Waals surface area contributed by atoms with Gasteiger partial charge in [-0.15, -0.1) is 0 Å². The van der Waals surface area contributed by atoms with E-state index in [1.54, 1.807) is 12.1 Å². The highest BCUT2D eigenvalue weighted by Crippen LogP contribution is 2.20. The SMILES string of the molecule is CCc1ccc(S(=O)(=O)N(C)[C@@H]2CNC[C@H]2O)cc1. The Hall–Kier alpha value is -0.950. The normalized spacial score (nSPS) is 24.0. The Balaban J connectivity index is 2.25. The van der Waals surface area contributed by atoms with Crippen LogP contribution in [-0.2, 0) is 16.4 Å². The highest BCUT2D eigenvalue weighted by Gasteiger charge is 2.35. The summed E-state index contributed by atoms with van der Waals surface area (Å²) >= 11 is 0. The minimum Gasteiger partial charge on any atom is -0.390 e. The van der Waals surface area contributed by atoms with Crippen LogP contribution in [0.4, 0.5) is 0 Å². The maximum atomic E-state index is 12.5. The van der Waals surface area contributed by atoms with E-state index in [4.69, 9.17) is 0 Å². The second-order valence-electron chi connectivity index (χ2n) is 4.81. The Morgan fingerprint density at radius 2 is 1.95 bits per heavy atom. The Labute approximate surface area is 114 Å². The summed E-state index contributed by atoms with van der Waals surface area (Å²) in [5.74, 6) is 0. The van der Waals surface area contributed by atoms with Gasteiger partial charge in [-0.25, -0.2) is 8.42 Å². The van der Waals surface area contributed by atoms with Crippen molar-refractivity contribution in [3.05, 3.63) is 29.8 Å². The molecule has 2 N–H and O–H groups in total. The lowest BCUT2D eigenvalue weighted by atomic mass is 10.2. The maximum Gasteiger partial charge on any atom is 0.243 e. The van der Waals surface area contributed by atoms with Gasteiger partial charge in [0.15, 0.2) is 0 Å². The summed E-state index contributed by atoms with van der Waals surface area (Å²) < 4.78 is 26.2. The quantitative estimate of drug-likeness (QED) is 0.829. The van der Waals surface area contributed by atoms with Crippen molar-refractivity contribution in [1.82, 2.24) is 9.62 Å². The van der Waals surface area contributed by atoms with Crippen molar-refractivity contribution in [3.63, 3.8) is 0 Å². The van der Waals surface area contributed by atoms with E-state index in [0.717, 1.165) is 12.0 Å². The topological polar surface area (TPSA) is 69.6 Å². The first kappa shape index (κ1) is 14.5. The lowest BCUT2D eigenvalue weighted by Gasteiger charge is -2.25. The van der Waals surface area contributed by atoms with E-state index >= 15 is 0 Å². The fourth-order valence-corrected chi connectivity index (χ4v) is 3.65. The zero-order valence-electron chi connectivity index (χ0n) is 11.2. The van der Waals surface area contributed by atoms with Gasteiger partial charge in [0.05, 0.1) is 17.0 Å². The maximum absolute atomic E-state index is 12.5. The van der Waals surface area contributed by atoms with Gasteiger partial charge in [-0.05, 0) is 24.1 Å². The van der Waals surface area contributed by atoms with E-state index in [0.29, 0.717) is 13.1 Å². The Morgan fingerprint density at radius 3 is 2.42 bits per heavy atom. The van der Waals surface area contributed by atoms with Crippen LogP contribution in [0.3, 0.4) is 0 Å². The molecule has 0 aliphatic carbocycles. The number of sulfonamides is 1. The number of nitrogens with zero attached hydrogens (tertiary/aromatic N) is 1. The number of rotatable bonds is 4. The number of likely N-dealkylation sites (N-methyl/N-ethyl adjacent to an activating group) is 1. The molecule has 1 heterocycles. The molecule has 0 saturated carbocycles. The number of benzene rings is 1. The summed E-state index contributed by atoms with van der Waals surface area (Å²) in [4.78, 5) is 0.270. The average Bonchev–Trinajstić information content (AvgIpc) is 2.84. The molecule has 0 bridgehead atoms. The Morgan fingerprint density at radius 1 is 1.32 bits per heavy atom. The predicted molar refractivity (Wildman–Crippen MR) is 73.4 cm³/mol. The molecule has 1 aromatic rings. The van der Waals surface area contributed by atoms with Crippen LogP contribution in [0.1, 0.15) is 12.5 Å². The molecule has 2 atom stereocenters. The molecule has 1 saturated heterocycles. The highest BCUT2D eigenvalue weighted by molar-refractivity contribution is 7.89. The summed E-state index contributed by atoms with van der Waals surface area (Å²) in [7, 11) is -2.03. The molecule has 0 amide bonds. The van der Waals surface area contributed by atoms with Gasteiger partial charge < -0.3 is 10.4 Å². The molecule has 2 rings (SSSR count). The molecular weight excluding hydrogens is 264 g/mol. The second kappa shape index (κ2) is 5.58. The number of hydrogen-bond acceptors (Lipinski definition) is 4. The number of aryl methyl sites for hydroxylation is 1. The number of aliphatic hydroxyl groups excluding tert-OH is 1. The first-order valence-corrected chi connectivity index (χ1v) is 7.86. The largest absolute Gasteiger partial charge is 0.390 e. The zero-order valence-corrected chi connectivity index (χ0v) is 12.0. The average molecular weight is 284 g/mol. The van der Waals surface area contributed by atoms with Crippen molar-refractivity contribution in [2.75, 3.05) is 20.1 Å². The molecule has 1 aromatic carbocycles. The van der Waals surface area contributed by atoms with Gasteiger partial charge in [0.25, 0.3) is 0 Å². The van der Waals surface area contributed by atoms with Gasteiger partial charge in [0, 0.05) is 20.1 Å². The smallest absolute Gasteiger partial charge is 0.243 e. The first-order chi connectivity index (χ1) is 8.96. The molecule has 5 nitrogen and oxygen atoms in total. The summed E-state index contributed by atoms with van der Waals surface area (Å²) in [6, 6.07) is 6.49. The molecule has 0 spiro atoms. The minimum absolute atomic E-state index is 0.270. The van der Waals surface area contributed by atoms with Crippen LogP contribution in [-0.4, -0.2) is 50.1 Å². The standard InChI is InChI=1S/C13H20N2O3S/c1-3-10-4-6-11(7-5-10)19(17,18)15(2)12-8-14-9-13(12)16/h4-7,12-14,16H,3,8-9H2,1-2H3/t12-,13-/m1/s1. The third-order valence-electron chi connectivity index (χ3n) is 3.63. The summed E-state index contributed by atoms with van der Waals surface area (Å²) in [6.45, 7) is 2.93. The summed E-state index contributed by atoms with van der Waals surface area (Å²) in [5, 5.41) is 12.8. The van der Waals surface area contributed by atoms with Gasteiger partial charge >= 0.3 is 0 Å². The van der Waals surface area contributed by atoms with Crippen LogP contribution in [0, 0.1) is 0 Å². The molecule has 1 aliphatic rings. The fourth-order valence-electron chi connectivity index (χ4n) is 2.26. The van der Waals surface area contributed by atoms with E-state index in [2.05, 4.69) is 5.32 Å². The highest BCUT2D eigenvalue weighted by atomic mass is 32.2. The van der Waals surface area contributed by atoms with E-state index in [-0.39, 0.29) is 4.90 Å². The van der Waals surface area contributed by atoms with Gasteiger partial charge in [-0.1, -0.05) is 19.1 Å². The van der Waals surface area contributed by atoms with Crippen LogP contribution in [0.5, 0.6) is 0 Å². The minimum atomic E-state index is -3.55. The van der Waals surface area contributed by atoms with Gasteiger partial charge in [-0.3, -0.25) is 0 Å². The summed E-state index contributed by atoms with van der Waals surface area (Å²) in [6.07, 6.45) is 0.219. The molecular formula is C13H20N2O3S. The van der Waals surface area contributed by atoms with Crippen LogP contribution >= 0.6 is 0 Å². The van der Waals surface area contributed by atoms with E-state index in [1.807, 2.05) is 19.1 Å². The van der Waals surface area contributed by atoms with Crippen LogP contribution in [0.15, 0.2) is 29.2 Å². The molecule has 1 fully saturated rings. The molecule has 19 heavy (non-hydrogen) atoms. The van der Waals surface area contributed by atoms with E-state index in [9.17, 15) is 13.5 Å². The Bertz CT molecular complexity index is 527. The third kappa shape index (κ3) is 2.81. The van der Waals surface area contributed by atoms with Crippen LogP contribution in [0.2, 0.25) is 0 Å². The van der Waals surface area contributed by atoms with Crippen molar-refractivity contribution in [2.45, 2.75) is 30.4 Å². The van der Waals surface area contributed by atoms with Crippen molar-refractivity contribution < 1.29 is 13.5 Å². The molecule has 6 heteroatoms. The molecule has 0 aromatic heterocycles.